The van der Waals surface area contributed by atoms with E-state index in [0.29, 0.717) is 0 Å². The van der Waals surface area contributed by atoms with Crippen LogP contribution in [0.2, 0.25) is 0 Å². The van der Waals surface area contributed by atoms with Crippen molar-refractivity contribution in [2.24, 2.45) is 11.7 Å². The zero-order valence-electron chi connectivity index (χ0n) is 13.1. The average Bonchev–Trinajstić information content (AvgIpc) is 2.49. The fourth-order valence-corrected chi connectivity index (χ4v) is 3.68. The summed E-state index contributed by atoms with van der Waals surface area (Å²) in [5.41, 5.74) is 7.78. The van der Waals surface area contributed by atoms with Crippen LogP contribution in [0.4, 0.5) is 0 Å². The smallest absolute Gasteiger partial charge is 0.0332 e. The number of nitrogens with zero attached hydrogens (tertiary/aromatic N) is 1. The van der Waals surface area contributed by atoms with E-state index in [1.54, 1.807) is 0 Å². The van der Waals surface area contributed by atoms with Crippen LogP contribution in [0.1, 0.15) is 51.0 Å². The van der Waals surface area contributed by atoms with Gasteiger partial charge in [-0.2, -0.15) is 0 Å². The van der Waals surface area contributed by atoms with Crippen LogP contribution >= 0.6 is 0 Å². The lowest BCUT2D eigenvalue weighted by Crippen LogP contribution is -2.53. The summed E-state index contributed by atoms with van der Waals surface area (Å²) >= 11 is 0. The summed E-state index contributed by atoms with van der Waals surface area (Å²) in [5.74, 6) is 0.935. The van der Waals surface area contributed by atoms with E-state index in [4.69, 9.17) is 5.73 Å². The Hall–Kier alpha value is -0.860. The van der Waals surface area contributed by atoms with E-state index in [1.807, 2.05) is 0 Å². The Morgan fingerprint density at radius 2 is 1.85 bits per heavy atom. The van der Waals surface area contributed by atoms with Crippen LogP contribution in [0.15, 0.2) is 30.3 Å². The fourth-order valence-electron chi connectivity index (χ4n) is 3.68. The van der Waals surface area contributed by atoms with Gasteiger partial charge in [0, 0.05) is 18.6 Å². The molecule has 0 heterocycles. The molecule has 1 aromatic carbocycles. The van der Waals surface area contributed by atoms with Crippen molar-refractivity contribution in [3.05, 3.63) is 35.9 Å². The standard InChI is InChI=1S/C18H30N2/c1-3-7-16-10-12-18(15-19,13-11-16)20(2)14-17-8-5-4-6-9-17/h4-6,8-9,16H,3,7,10-15,19H2,1-2H3. The normalized spacial score (nSPS) is 26.9. The van der Waals surface area contributed by atoms with Gasteiger partial charge in [-0.05, 0) is 44.2 Å². The molecule has 112 valence electrons. The van der Waals surface area contributed by atoms with Crippen LogP contribution in [0, 0.1) is 5.92 Å². The Morgan fingerprint density at radius 3 is 2.40 bits per heavy atom. The van der Waals surface area contributed by atoms with Crippen LogP contribution in [0.25, 0.3) is 0 Å². The summed E-state index contributed by atoms with van der Waals surface area (Å²) in [5, 5.41) is 0. The molecule has 2 nitrogen and oxygen atoms in total. The van der Waals surface area contributed by atoms with Gasteiger partial charge in [0.1, 0.15) is 0 Å². The van der Waals surface area contributed by atoms with Gasteiger partial charge >= 0.3 is 0 Å². The first kappa shape index (κ1) is 15.5. The molecule has 0 spiro atoms. The number of rotatable bonds is 6. The molecule has 1 saturated carbocycles. The van der Waals surface area contributed by atoms with Gasteiger partial charge in [-0.1, -0.05) is 50.1 Å². The Morgan fingerprint density at radius 1 is 1.20 bits per heavy atom. The molecule has 0 aromatic heterocycles. The van der Waals surface area contributed by atoms with Gasteiger partial charge in [-0.15, -0.1) is 0 Å². The molecule has 0 bridgehead atoms. The summed E-state index contributed by atoms with van der Waals surface area (Å²) < 4.78 is 0. The Bertz CT molecular complexity index is 380. The molecule has 0 amide bonds. The van der Waals surface area contributed by atoms with Gasteiger partial charge in [0.25, 0.3) is 0 Å². The first-order valence-electron chi connectivity index (χ1n) is 8.15. The zero-order valence-corrected chi connectivity index (χ0v) is 13.1. The quantitative estimate of drug-likeness (QED) is 0.855. The number of hydrogen-bond donors (Lipinski definition) is 1. The third-order valence-corrected chi connectivity index (χ3v) is 5.19. The van der Waals surface area contributed by atoms with Crippen LogP contribution < -0.4 is 5.73 Å². The second kappa shape index (κ2) is 7.24. The molecule has 0 radical (unpaired) electrons. The summed E-state index contributed by atoms with van der Waals surface area (Å²) in [6.07, 6.45) is 7.94. The van der Waals surface area contributed by atoms with Crippen LogP contribution in [0.3, 0.4) is 0 Å². The molecule has 2 heteroatoms. The molecule has 1 fully saturated rings. The van der Waals surface area contributed by atoms with Crippen molar-refractivity contribution in [3.8, 4) is 0 Å². The van der Waals surface area contributed by atoms with Crippen LogP contribution in [-0.2, 0) is 6.54 Å². The van der Waals surface area contributed by atoms with Crippen molar-refractivity contribution in [2.45, 2.75) is 57.5 Å². The lowest BCUT2D eigenvalue weighted by molar-refractivity contribution is 0.0569. The van der Waals surface area contributed by atoms with Crippen molar-refractivity contribution < 1.29 is 0 Å². The topological polar surface area (TPSA) is 29.3 Å². The van der Waals surface area contributed by atoms with Crippen LogP contribution in [-0.4, -0.2) is 24.0 Å². The lowest BCUT2D eigenvalue weighted by Gasteiger charge is -2.46. The maximum absolute atomic E-state index is 6.17. The molecule has 0 saturated heterocycles. The van der Waals surface area contributed by atoms with Crippen molar-refractivity contribution in [3.63, 3.8) is 0 Å². The second-order valence-electron chi connectivity index (χ2n) is 6.50. The molecule has 1 aliphatic carbocycles. The highest BCUT2D eigenvalue weighted by molar-refractivity contribution is 5.15. The molecule has 20 heavy (non-hydrogen) atoms. The van der Waals surface area contributed by atoms with Crippen molar-refractivity contribution in [2.75, 3.05) is 13.6 Å². The minimum absolute atomic E-state index is 0.222. The Balaban J connectivity index is 1.97. The van der Waals surface area contributed by atoms with E-state index in [2.05, 4.69) is 49.2 Å². The van der Waals surface area contributed by atoms with Crippen LogP contribution in [0.5, 0.6) is 0 Å². The number of likely N-dealkylation sites (N-methyl/N-ethyl adjacent to an activating group) is 1. The summed E-state index contributed by atoms with van der Waals surface area (Å²) in [4.78, 5) is 2.50. The predicted molar refractivity (Wildman–Crippen MR) is 86.6 cm³/mol. The molecular weight excluding hydrogens is 244 g/mol. The van der Waals surface area contributed by atoms with Gasteiger partial charge in [-0.25, -0.2) is 0 Å². The molecule has 0 atom stereocenters. The van der Waals surface area contributed by atoms with E-state index in [1.165, 1.54) is 44.1 Å². The molecule has 2 N–H and O–H groups in total. The van der Waals surface area contributed by atoms with Gasteiger partial charge in [0.05, 0.1) is 0 Å². The highest BCUT2D eigenvalue weighted by Crippen LogP contribution is 2.37. The predicted octanol–water partition coefficient (Wildman–Crippen LogP) is 3.81. The molecular formula is C18H30N2. The first-order chi connectivity index (χ1) is 9.70. The average molecular weight is 274 g/mol. The van der Waals surface area contributed by atoms with Gasteiger partial charge in [0.2, 0.25) is 0 Å². The Labute approximate surface area is 124 Å². The highest BCUT2D eigenvalue weighted by Gasteiger charge is 2.37. The molecule has 1 aliphatic rings. The van der Waals surface area contributed by atoms with Gasteiger partial charge in [0.15, 0.2) is 0 Å². The van der Waals surface area contributed by atoms with E-state index in [0.717, 1.165) is 19.0 Å². The maximum Gasteiger partial charge on any atom is 0.0332 e. The van der Waals surface area contributed by atoms with Gasteiger partial charge in [-0.3, -0.25) is 4.90 Å². The third kappa shape index (κ3) is 3.62. The zero-order chi connectivity index (χ0) is 14.4. The largest absolute Gasteiger partial charge is 0.329 e. The van der Waals surface area contributed by atoms with Gasteiger partial charge < -0.3 is 5.73 Å². The first-order valence-corrected chi connectivity index (χ1v) is 8.15. The third-order valence-electron chi connectivity index (χ3n) is 5.19. The van der Waals surface area contributed by atoms with Crippen molar-refractivity contribution in [1.82, 2.24) is 4.90 Å². The number of benzene rings is 1. The number of nitrogens with two attached hydrogens (primary N) is 1. The molecule has 1 aromatic rings. The minimum atomic E-state index is 0.222. The fraction of sp³-hybridized carbons (Fsp3) is 0.667. The lowest BCUT2D eigenvalue weighted by atomic mass is 9.74. The van der Waals surface area contributed by atoms with Crippen molar-refractivity contribution >= 4 is 0 Å². The molecule has 2 rings (SSSR count). The van der Waals surface area contributed by atoms with E-state index >= 15 is 0 Å². The SMILES string of the molecule is CCCC1CCC(CN)(N(C)Cc2ccccc2)CC1. The van der Waals surface area contributed by atoms with E-state index in [-0.39, 0.29) is 5.54 Å². The Kier molecular flexibility index (Phi) is 5.62. The monoisotopic (exact) mass is 274 g/mol. The molecule has 0 aliphatic heterocycles. The molecule has 0 unspecified atom stereocenters. The highest BCUT2D eigenvalue weighted by atomic mass is 15.2. The summed E-state index contributed by atoms with van der Waals surface area (Å²) in [6.45, 7) is 4.10. The number of hydrogen-bond acceptors (Lipinski definition) is 2. The maximum atomic E-state index is 6.17. The van der Waals surface area contributed by atoms with E-state index in [9.17, 15) is 0 Å². The van der Waals surface area contributed by atoms with Crippen molar-refractivity contribution in [1.29, 1.82) is 0 Å². The van der Waals surface area contributed by atoms with E-state index < -0.39 is 0 Å². The summed E-state index contributed by atoms with van der Waals surface area (Å²) in [7, 11) is 2.25. The second-order valence-corrected chi connectivity index (χ2v) is 6.50. The summed E-state index contributed by atoms with van der Waals surface area (Å²) in [6, 6.07) is 10.7. The minimum Gasteiger partial charge on any atom is -0.329 e.